The van der Waals surface area contributed by atoms with Gasteiger partial charge in [0.1, 0.15) is 10.9 Å². The lowest BCUT2D eigenvalue weighted by Gasteiger charge is -2.11. The number of methoxy groups -OCH3 is 1. The summed E-state index contributed by atoms with van der Waals surface area (Å²) in [5, 5.41) is 8.88. The van der Waals surface area contributed by atoms with E-state index in [4.69, 9.17) is 26.8 Å². The Morgan fingerprint density at radius 2 is 2.12 bits per heavy atom. The third-order valence-corrected chi connectivity index (χ3v) is 5.04. The molecule has 2 rings (SSSR count). The van der Waals surface area contributed by atoms with Crippen LogP contribution in [0.4, 0.5) is 0 Å². The van der Waals surface area contributed by atoms with Crippen molar-refractivity contribution in [2.24, 2.45) is 0 Å². The molecule has 0 aliphatic carbocycles. The van der Waals surface area contributed by atoms with Crippen LogP contribution in [0, 0.1) is 0 Å². The van der Waals surface area contributed by atoms with E-state index in [9.17, 15) is 9.59 Å². The second-order valence-corrected chi connectivity index (χ2v) is 7.30. The second kappa shape index (κ2) is 9.59. The molecule has 0 saturated carbocycles. The van der Waals surface area contributed by atoms with Crippen molar-refractivity contribution >= 4 is 46.3 Å². The van der Waals surface area contributed by atoms with Gasteiger partial charge in [0.25, 0.3) is 5.91 Å². The van der Waals surface area contributed by atoms with Crippen LogP contribution in [0.5, 0.6) is 11.5 Å². The van der Waals surface area contributed by atoms with E-state index in [0.29, 0.717) is 23.0 Å². The fourth-order valence-corrected chi connectivity index (χ4v) is 3.61. The quantitative estimate of drug-likeness (QED) is 0.389. The van der Waals surface area contributed by atoms with E-state index in [0.717, 1.165) is 41.5 Å². The molecule has 1 fully saturated rings. The zero-order valence-electron chi connectivity index (χ0n) is 14.7. The summed E-state index contributed by atoms with van der Waals surface area (Å²) in [5.41, 5.74) is 0.749. The average Bonchev–Trinajstić information content (AvgIpc) is 2.86. The van der Waals surface area contributed by atoms with Crippen molar-refractivity contribution < 1.29 is 24.2 Å². The largest absolute Gasteiger partial charge is 0.493 e. The van der Waals surface area contributed by atoms with E-state index in [1.54, 1.807) is 25.3 Å². The van der Waals surface area contributed by atoms with E-state index in [1.165, 1.54) is 0 Å². The van der Waals surface area contributed by atoms with Gasteiger partial charge in [-0.15, -0.1) is 0 Å². The molecule has 0 spiro atoms. The van der Waals surface area contributed by atoms with Gasteiger partial charge in [-0.05, 0) is 30.2 Å². The molecule has 26 heavy (non-hydrogen) atoms. The first-order valence-corrected chi connectivity index (χ1v) is 9.46. The molecule has 1 aromatic carbocycles. The maximum Gasteiger partial charge on any atom is 0.323 e. The topological polar surface area (TPSA) is 76.1 Å². The Balaban J connectivity index is 2.14. The van der Waals surface area contributed by atoms with Crippen molar-refractivity contribution in [2.75, 3.05) is 20.3 Å². The van der Waals surface area contributed by atoms with Crippen LogP contribution in [-0.4, -0.2) is 46.5 Å². The Bertz CT molecular complexity index is 732. The predicted molar refractivity (Wildman–Crippen MR) is 106 cm³/mol. The number of carbonyl (C=O) groups is 2. The van der Waals surface area contributed by atoms with E-state index in [2.05, 4.69) is 6.92 Å². The number of ether oxygens (including phenoxy) is 2. The van der Waals surface area contributed by atoms with Crippen LogP contribution in [0.1, 0.15) is 31.7 Å². The molecular formula is C18H21NO5S2. The van der Waals surface area contributed by atoms with Crippen molar-refractivity contribution in [1.29, 1.82) is 0 Å². The number of thiocarbonyl (C=S) groups is 1. The van der Waals surface area contributed by atoms with Crippen LogP contribution in [0.15, 0.2) is 23.1 Å². The highest BCUT2D eigenvalue weighted by atomic mass is 32.2. The van der Waals surface area contributed by atoms with E-state index >= 15 is 0 Å². The Labute approximate surface area is 162 Å². The van der Waals surface area contributed by atoms with Gasteiger partial charge in [-0.25, -0.2) is 0 Å². The smallest absolute Gasteiger partial charge is 0.323 e. The summed E-state index contributed by atoms with van der Waals surface area (Å²) in [6, 6.07) is 5.40. The zero-order valence-corrected chi connectivity index (χ0v) is 16.3. The summed E-state index contributed by atoms with van der Waals surface area (Å²) in [6.45, 7) is 2.32. The highest BCUT2D eigenvalue weighted by Gasteiger charge is 2.33. The molecule has 1 saturated heterocycles. The van der Waals surface area contributed by atoms with Crippen molar-refractivity contribution in [3.63, 3.8) is 0 Å². The lowest BCUT2D eigenvalue weighted by atomic mass is 10.2. The Kier molecular flexibility index (Phi) is 7.47. The standard InChI is InChI=1S/C18H21NO5S2/c1-3-4-5-8-24-13-7-6-12(9-14(13)23-2)10-15-17(22)19(11-16(20)21)18(25)26-15/h6-7,9-10H,3-5,8,11H2,1-2H3,(H,20,21)/b15-10+. The number of hydrogen-bond acceptors (Lipinski definition) is 6. The third kappa shape index (κ3) is 5.22. The number of hydrogen-bond donors (Lipinski definition) is 1. The minimum atomic E-state index is -1.10. The molecule has 1 aliphatic rings. The summed E-state index contributed by atoms with van der Waals surface area (Å²) < 4.78 is 11.4. The van der Waals surface area contributed by atoms with Crippen LogP contribution in [0.2, 0.25) is 0 Å². The van der Waals surface area contributed by atoms with Crippen LogP contribution in [0.25, 0.3) is 6.08 Å². The number of carboxylic acid groups (broad SMARTS) is 1. The summed E-state index contributed by atoms with van der Waals surface area (Å²) >= 11 is 6.18. The first-order chi connectivity index (χ1) is 12.5. The number of unbranched alkanes of at least 4 members (excludes halogenated alkanes) is 2. The zero-order chi connectivity index (χ0) is 19.1. The van der Waals surface area contributed by atoms with Crippen molar-refractivity contribution in [3.8, 4) is 11.5 Å². The van der Waals surface area contributed by atoms with Crippen LogP contribution < -0.4 is 9.47 Å². The summed E-state index contributed by atoms with van der Waals surface area (Å²) in [6.07, 6.45) is 4.88. The summed E-state index contributed by atoms with van der Waals surface area (Å²) in [5.74, 6) is -0.273. The molecule has 140 valence electrons. The number of aliphatic carboxylic acids is 1. The fraction of sp³-hybridized carbons (Fsp3) is 0.389. The molecule has 6 nitrogen and oxygen atoms in total. The number of carboxylic acids is 1. The molecule has 0 atom stereocenters. The highest BCUT2D eigenvalue weighted by molar-refractivity contribution is 8.26. The van der Waals surface area contributed by atoms with Gasteiger partial charge in [-0.1, -0.05) is 49.8 Å². The number of amides is 1. The molecule has 1 aliphatic heterocycles. The Morgan fingerprint density at radius 1 is 1.35 bits per heavy atom. The summed E-state index contributed by atoms with van der Waals surface area (Å²) in [7, 11) is 1.56. The van der Waals surface area contributed by atoms with Crippen LogP contribution in [0.3, 0.4) is 0 Å². The molecule has 1 aromatic rings. The predicted octanol–water partition coefficient (Wildman–Crippen LogP) is 3.55. The van der Waals surface area contributed by atoms with Crippen LogP contribution >= 0.6 is 24.0 Å². The molecule has 0 bridgehead atoms. The Morgan fingerprint density at radius 3 is 2.77 bits per heavy atom. The van der Waals surface area contributed by atoms with Crippen molar-refractivity contribution in [2.45, 2.75) is 26.2 Å². The van der Waals surface area contributed by atoms with Gasteiger partial charge >= 0.3 is 5.97 Å². The van der Waals surface area contributed by atoms with Gasteiger partial charge < -0.3 is 14.6 Å². The number of benzene rings is 1. The SMILES string of the molecule is CCCCCOc1ccc(/C=C2/SC(=S)N(CC(=O)O)C2=O)cc1OC. The number of thioether (sulfide) groups is 1. The van der Waals surface area contributed by atoms with Crippen molar-refractivity contribution in [1.82, 2.24) is 4.90 Å². The molecule has 1 heterocycles. The minimum Gasteiger partial charge on any atom is -0.493 e. The van der Waals surface area contributed by atoms with E-state index in [1.807, 2.05) is 6.07 Å². The second-order valence-electron chi connectivity index (χ2n) is 5.63. The van der Waals surface area contributed by atoms with Gasteiger partial charge in [0.05, 0.1) is 18.6 Å². The molecule has 0 unspecified atom stereocenters. The van der Waals surface area contributed by atoms with E-state index in [-0.39, 0.29) is 4.32 Å². The Hall–Kier alpha value is -2.06. The maximum absolute atomic E-state index is 12.3. The van der Waals surface area contributed by atoms with Gasteiger partial charge in [0.2, 0.25) is 0 Å². The van der Waals surface area contributed by atoms with Crippen molar-refractivity contribution in [3.05, 3.63) is 28.7 Å². The molecule has 1 amide bonds. The normalized spacial score (nSPS) is 15.6. The van der Waals surface area contributed by atoms with Gasteiger partial charge in [-0.2, -0.15) is 0 Å². The van der Waals surface area contributed by atoms with Crippen LogP contribution in [-0.2, 0) is 9.59 Å². The fourth-order valence-electron chi connectivity index (χ4n) is 2.35. The van der Waals surface area contributed by atoms with E-state index < -0.39 is 18.4 Å². The molecule has 0 aromatic heterocycles. The lowest BCUT2D eigenvalue weighted by molar-refractivity contribution is -0.140. The highest BCUT2D eigenvalue weighted by Crippen LogP contribution is 2.34. The molecule has 8 heteroatoms. The third-order valence-electron chi connectivity index (χ3n) is 3.66. The first kappa shape index (κ1) is 20.3. The monoisotopic (exact) mass is 395 g/mol. The number of carbonyl (C=O) groups excluding carboxylic acids is 1. The average molecular weight is 396 g/mol. The number of rotatable bonds is 9. The minimum absolute atomic E-state index is 0.242. The molecule has 1 N–H and O–H groups in total. The van der Waals surface area contributed by atoms with Gasteiger partial charge in [-0.3, -0.25) is 14.5 Å². The maximum atomic E-state index is 12.3. The van der Waals surface area contributed by atoms with Gasteiger partial charge in [0.15, 0.2) is 11.5 Å². The van der Waals surface area contributed by atoms with Gasteiger partial charge in [0, 0.05) is 0 Å². The number of nitrogens with zero attached hydrogens (tertiary/aromatic N) is 1. The summed E-state index contributed by atoms with van der Waals surface area (Å²) in [4.78, 5) is 24.6. The first-order valence-electron chi connectivity index (χ1n) is 8.24. The molecular weight excluding hydrogens is 374 g/mol. The lowest BCUT2D eigenvalue weighted by Crippen LogP contribution is -2.33. The molecule has 0 radical (unpaired) electrons.